The number of hydrogen-bond donors (Lipinski definition) is 2. The van der Waals surface area contributed by atoms with Gasteiger partial charge in [-0.15, -0.1) is 0 Å². The molecule has 1 atom stereocenters. The molecule has 0 unspecified atom stereocenters. The van der Waals surface area contributed by atoms with E-state index in [1.54, 1.807) is 0 Å². The lowest BCUT2D eigenvalue weighted by atomic mass is 9.95. The van der Waals surface area contributed by atoms with E-state index in [9.17, 15) is 4.79 Å². The first-order valence-corrected chi connectivity index (χ1v) is 6.89. The highest BCUT2D eigenvalue weighted by molar-refractivity contribution is 6.68. The molecule has 0 spiro atoms. The van der Waals surface area contributed by atoms with Crippen LogP contribution in [0.2, 0.25) is 0 Å². The maximum Gasteiger partial charge on any atom is 0.262 e. The van der Waals surface area contributed by atoms with E-state index in [0.29, 0.717) is 0 Å². The first kappa shape index (κ1) is 17.3. The number of alkyl halides is 3. The standard InChI is InChI=1S/C11H21Cl3N2O/c1-6-16(7-2)8(11(12,13)14)15-9(17)10(3,4)5/h8H,6-7H2,1-5H3,(H,15,17)/p+1/t8-/m1/s1. The molecule has 0 heterocycles. The highest BCUT2D eigenvalue weighted by atomic mass is 35.6. The van der Waals surface area contributed by atoms with Crippen molar-refractivity contribution in [3.8, 4) is 0 Å². The Balaban J connectivity index is 4.91. The minimum atomic E-state index is -1.51. The Morgan fingerprint density at radius 2 is 1.59 bits per heavy atom. The van der Waals surface area contributed by atoms with E-state index in [4.69, 9.17) is 34.8 Å². The van der Waals surface area contributed by atoms with Crippen LogP contribution in [0.4, 0.5) is 0 Å². The van der Waals surface area contributed by atoms with Crippen LogP contribution in [0.15, 0.2) is 0 Å². The Morgan fingerprint density at radius 3 is 1.82 bits per heavy atom. The lowest BCUT2D eigenvalue weighted by Gasteiger charge is -2.33. The highest BCUT2D eigenvalue weighted by Crippen LogP contribution is 2.28. The Bertz CT molecular complexity index is 254. The fourth-order valence-electron chi connectivity index (χ4n) is 1.42. The minimum absolute atomic E-state index is 0.117. The fourth-order valence-corrected chi connectivity index (χ4v) is 2.05. The molecule has 1 amide bonds. The van der Waals surface area contributed by atoms with E-state index < -0.39 is 15.4 Å². The molecule has 0 fully saturated rings. The molecule has 0 aromatic carbocycles. The first-order valence-electron chi connectivity index (χ1n) is 5.76. The first-order chi connectivity index (χ1) is 7.54. The van der Waals surface area contributed by atoms with Crippen LogP contribution in [0.5, 0.6) is 0 Å². The summed E-state index contributed by atoms with van der Waals surface area (Å²) in [4.78, 5) is 13.0. The van der Waals surface area contributed by atoms with Gasteiger partial charge < -0.3 is 10.2 Å². The zero-order valence-corrected chi connectivity index (χ0v) is 13.3. The van der Waals surface area contributed by atoms with Crippen molar-refractivity contribution in [1.29, 1.82) is 0 Å². The molecule has 2 N–H and O–H groups in total. The molecule has 0 saturated heterocycles. The number of carbonyl (C=O) groups excluding carboxylic acids is 1. The Labute approximate surface area is 119 Å². The van der Waals surface area contributed by atoms with Gasteiger partial charge in [0.2, 0.25) is 12.1 Å². The number of carbonyl (C=O) groups is 1. The number of quaternary nitrogens is 1. The third-order valence-corrected chi connectivity index (χ3v) is 3.26. The fraction of sp³-hybridized carbons (Fsp3) is 0.909. The lowest BCUT2D eigenvalue weighted by Crippen LogP contribution is -3.19. The van der Waals surface area contributed by atoms with Crippen molar-refractivity contribution in [3.63, 3.8) is 0 Å². The molecule has 0 aliphatic heterocycles. The van der Waals surface area contributed by atoms with Crippen molar-refractivity contribution < 1.29 is 9.69 Å². The van der Waals surface area contributed by atoms with Crippen LogP contribution in [-0.4, -0.2) is 29.0 Å². The predicted molar refractivity (Wildman–Crippen MR) is 73.7 cm³/mol. The zero-order chi connectivity index (χ0) is 13.9. The van der Waals surface area contributed by atoms with Gasteiger partial charge in [0.05, 0.1) is 13.1 Å². The van der Waals surface area contributed by atoms with E-state index in [1.165, 1.54) is 0 Å². The molecule has 0 aliphatic carbocycles. The molecule has 0 aromatic rings. The van der Waals surface area contributed by atoms with Crippen LogP contribution in [0, 0.1) is 5.41 Å². The molecular formula is C11H22Cl3N2O+. The van der Waals surface area contributed by atoms with Crippen LogP contribution in [0.3, 0.4) is 0 Å². The molecule has 17 heavy (non-hydrogen) atoms. The van der Waals surface area contributed by atoms with Crippen molar-refractivity contribution in [2.45, 2.75) is 44.6 Å². The van der Waals surface area contributed by atoms with E-state index in [-0.39, 0.29) is 5.91 Å². The third-order valence-electron chi connectivity index (χ3n) is 2.60. The van der Waals surface area contributed by atoms with E-state index in [0.717, 1.165) is 18.0 Å². The summed E-state index contributed by atoms with van der Waals surface area (Å²) in [6.45, 7) is 11.0. The zero-order valence-electron chi connectivity index (χ0n) is 11.0. The van der Waals surface area contributed by atoms with Gasteiger partial charge in [0.15, 0.2) is 0 Å². The molecule has 0 aromatic heterocycles. The van der Waals surface area contributed by atoms with Crippen molar-refractivity contribution in [2.75, 3.05) is 13.1 Å². The molecule has 6 heteroatoms. The van der Waals surface area contributed by atoms with Crippen molar-refractivity contribution in [3.05, 3.63) is 0 Å². The van der Waals surface area contributed by atoms with Crippen LogP contribution >= 0.6 is 34.8 Å². The average molecular weight is 305 g/mol. The summed E-state index contributed by atoms with van der Waals surface area (Å²) in [6, 6.07) is 0. The second-order valence-electron chi connectivity index (χ2n) is 5.06. The topological polar surface area (TPSA) is 33.5 Å². The molecule has 0 bridgehead atoms. The molecular weight excluding hydrogens is 282 g/mol. The van der Waals surface area contributed by atoms with E-state index in [1.807, 2.05) is 34.6 Å². The predicted octanol–water partition coefficient (Wildman–Crippen LogP) is 1.77. The molecule has 0 radical (unpaired) electrons. The van der Waals surface area contributed by atoms with Gasteiger partial charge in [0.25, 0.3) is 3.79 Å². The van der Waals surface area contributed by atoms with Gasteiger partial charge in [-0.05, 0) is 13.8 Å². The van der Waals surface area contributed by atoms with Crippen LogP contribution in [-0.2, 0) is 4.79 Å². The second-order valence-corrected chi connectivity index (χ2v) is 7.43. The molecule has 102 valence electrons. The quantitative estimate of drug-likeness (QED) is 0.602. The second kappa shape index (κ2) is 6.46. The Kier molecular flexibility index (Phi) is 6.58. The number of halogens is 3. The van der Waals surface area contributed by atoms with Crippen molar-refractivity contribution >= 4 is 40.7 Å². The monoisotopic (exact) mass is 303 g/mol. The average Bonchev–Trinajstić information content (AvgIpc) is 2.14. The summed E-state index contributed by atoms with van der Waals surface area (Å²) in [6.07, 6.45) is -0.533. The van der Waals surface area contributed by atoms with Gasteiger partial charge in [-0.2, -0.15) is 0 Å². The summed E-state index contributed by atoms with van der Waals surface area (Å²) >= 11 is 17.8. The van der Waals surface area contributed by atoms with Crippen LogP contribution < -0.4 is 10.2 Å². The van der Waals surface area contributed by atoms with Gasteiger partial charge >= 0.3 is 0 Å². The summed E-state index contributed by atoms with van der Waals surface area (Å²) in [7, 11) is 0. The largest absolute Gasteiger partial charge is 0.312 e. The third kappa shape index (κ3) is 5.64. The number of hydrogen-bond acceptors (Lipinski definition) is 1. The minimum Gasteiger partial charge on any atom is -0.312 e. The number of amides is 1. The van der Waals surface area contributed by atoms with Gasteiger partial charge in [0.1, 0.15) is 0 Å². The van der Waals surface area contributed by atoms with Gasteiger partial charge in [-0.25, -0.2) is 0 Å². The SMILES string of the molecule is CC[NH+](CC)[C@@H](NC(=O)C(C)(C)C)C(Cl)(Cl)Cl. The highest BCUT2D eigenvalue weighted by Gasteiger charge is 2.42. The van der Waals surface area contributed by atoms with E-state index in [2.05, 4.69) is 5.32 Å². The summed E-state index contributed by atoms with van der Waals surface area (Å²) in [5.74, 6) is -0.117. The van der Waals surface area contributed by atoms with E-state index >= 15 is 0 Å². The summed E-state index contributed by atoms with van der Waals surface area (Å²) in [5, 5.41) is 2.83. The molecule has 0 aliphatic rings. The molecule has 3 nitrogen and oxygen atoms in total. The number of nitrogens with one attached hydrogen (secondary N) is 2. The normalized spacial score (nSPS) is 14.9. The van der Waals surface area contributed by atoms with Crippen molar-refractivity contribution in [2.24, 2.45) is 5.41 Å². The molecule has 0 rings (SSSR count). The molecule has 0 saturated carbocycles. The van der Waals surface area contributed by atoms with Crippen LogP contribution in [0.1, 0.15) is 34.6 Å². The maximum absolute atomic E-state index is 12.0. The van der Waals surface area contributed by atoms with Gasteiger partial charge in [-0.1, -0.05) is 55.6 Å². The van der Waals surface area contributed by atoms with Gasteiger partial charge in [0, 0.05) is 5.41 Å². The number of rotatable bonds is 4. The Morgan fingerprint density at radius 1 is 1.18 bits per heavy atom. The van der Waals surface area contributed by atoms with Crippen LogP contribution in [0.25, 0.3) is 0 Å². The van der Waals surface area contributed by atoms with Crippen molar-refractivity contribution in [1.82, 2.24) is 5.32 Å². The van der Waals surface area contributed by atoms with Gasteiger partial charge in [-0.3, -0.25) is 4.79 Å². The summed E-state index contributed by atoms with van der Waals surface area (Å²) in [5.41, 5.74) is -0.499. The summed E-state index contributed by atoms with van der Waals surface area (Å²) < 4.78 is -1.51. The Hall–Kier alpha value is 0.300. The lowest BCUT2D eigenvalue weighted by molar-refractivity contribution is -0.924. The smallest absolute Gasteiger partial charge is 0.262 e. The maximum atomic E-state index is 12.0.